The smallest absolute Gasteiger partial charge is 0.224 e. The van der Waals surface area contributed by atoms with E-state index in [1.165, 1.54) is 0 Å². The van der Waals surface area contributed by atoms with Gasteiger partial charge in [0.15, 0.2) is 0 Å². The molecular formula is C11H12N4O. The maximum absolute atomic E-state index is 11.3. The zero-order chi connectivity index (χ0) is 11.5. The molecule has 0 aliphatic heterocycles. The van der Waals surface area contributed by atoms with Crippen molar-refractivity contribution in [3.05, 3.63) is 24.5 Å². The number of amides is 1. The third-order valence-electron chi connectivity index (χ3n) is 2.27. The molecule has 0 fully saturated rings. The number of aromatic nitrogens is 2. The van der Waals surface area contributed by atoms with Crippen molar-refractivity contribution in [3.8, 4) is 0 Å². The van der Waals surface area contributed by atoms with Gasteiger partial charge in [-0.15, -0.1) is 0 Å². The lowest BCUT2D eigenvalue weighted by molar-refractivity contribution is -0.115. The number of fused-ring (bicyclic) bond motifs is 1. The predicted molar refractivity (Wildman–Crippen MR) is 62.9 cm³/mol. The first kappa shape index (κ1) is 10.4. The van der Waals surface area contributed by atoms with Crippen molar-refractivity contribution in [2.75, 3.05) is 11.1 Å². The van der Waals surface area contributed by atoms with E-state index in [0.29, 0.717) is 23.3 Å². The molecule has 1 heterocycles. The quantitative estimate of drug-likeness (QED) is 0.746. The van der Waals surface area contributed by atoms with Gasteiger partial charge in [0, 0.05) is 18.8 Å². The van der Waals surface area contributed by atoms with Crippen LogP contribution < -0.4 is 11.1 Å². The SMILES string of the molecule is CCC(=O)Nc1ccc2nccnc2c1N. The molecule has 0 aliphatic carbocycles. The van der Waals surface area contributed by atoms with Crippen molar-refractivity contribution >= 4 is 28.3 Å². The van der Waals surface area contributed by atoms with Crippen LogP contribution in [-0.2, 0) is 4.79 Å². The number of rotatable bonds is 2. The molecule has 2 aromatic rings. The molecule has 0 bridgehead atoms. The number of nitrogen functional groups attached to an aromatic ring is 1. The Kier molecular flexibility index (Phi) is 2.68. The second kappa shape index (κ2) is 4.14. The molecule has 82 valence electrons. The molecule has 0 unspecified atom stereocenters. The highest BCUT2D eigenvalue weighted by molar-refractivity contribution is 6.00. The van der Waals surface area contributed by atoms with Crippen LogP contribution in [0.2, 0.25) is 0 Å². The molecule has 0 radical (unpaired) electrons. The van der Waals surface area contributed by atoms with Crippen LogP contribution in [0.1, 0.15) is 13.3 Å². The highest BCUT2D eigenvalue weighted by Crippen LogP contribution is 2.25. The number of benzene rings is 1. The molecule has 3 N–H and O–H groups in total. The average Bonchev–Trinajstić information content (AvgIpc) is 2.33. The van der Waals surface area contributed by atoms with Gasteiger partial charge < -0.3 is 11.1 Å². The van der Waals surface area contributed by atoms with E-state index in [-0.39, 0.29) is 5.91 Å². The fourth-order valence-electron chi connectivity index (χ4n) is 1.41. The number of hydrogen-bond acceptors (Lipinski definition) is 4. The van der Waals surface area contributed by atoms with E-state index in [0.717, 1.165) is 5.52 Å². The normalized spacial score (nSPS) is 10.3. The van der Waals surface area contributed by atoms with E-state index < -0.39 is 0 Å². The maximum Gasteiger partial charge on any atom is 0.224 e. The zero-order valence-electron chi connectivity index (χ0n) is 8.90. The minimum atomic E-state index is -0.0741. The van der Waals surface area contributed by atoms with Gasteiger partial charge in [0.1, 0.15) is 5.52 Å². The van der Waals surface area contributed by atoms with Gasteiger partial charge >= 0.3 is 0 Å². The number of nitrogens with two attached hydrogens (primary N) is 1. The summed E-state index contributed by atoms with van der Waals surface area (Å²) >= 11 is 0. The molecule has 0 saturated heterocycles. The summed E-state index contributed by atoms with van der Waals surface area (Å²) in [6, 6.07) is 3.52. The van der Waals surface area contributed by atoms with Gasteiger partial charge in [-0.2, -0.15) is 0 Å². The van der Waals surface area contributed by atoms with Crippen molar-refractivity contribution in [3.63, 3.8) is 0 Å². The Balaban J connectivity index is 2.48. The Labute approximate surface area is 92.7 Å². The first-order chi connectivity index (χ1) is 7.72. The largest absolute Gasteiger partial charge is 0.395 e. The molecule has 1 aromatic carbocycles. The Hall–Kier alpha value is -2.17. The van der Waals surface area contributed by atoms with Crippen LogP contribution in [0.4, 0.5) is 11.4 Å². The predicted octanol–water partition coefficient (Wildman–Crippen LogP) is 1.56. The third kappa shape index (κ3) is 1.79. The summed E-state index contributed by atoms with van der Waals surface area (Å²) < 4.78 is 0. The summed E-state index contributed by atoms with van der Waals surface area (Å²) in [6.45, 7) is 1.78. The number of carbonyl (C=O) groups excluding carboxylic acids is 1. The Bertz CT molecular complexity index is 538. The van der Waals surface area contributed by atoms with Gasteiger partial charge in [-0.1, -0.05) is 6.92 Å². The van der Waals surface area contributed by atoms with E-state index >= 15 is 0 Å². The van der Waals surface area contributed by atoms with Crippen LogP contribution in [0, 0.1) is 0 Å². The van der Waals surface area contributed by atoms with E-state index in [1.54, 1.807) is 31.5 Å². The van der Waals surface area contributed by atoms with Crippen molar-refractivity contribution < 1.29 is 4.79 Å². The van der Waals surface area contributed by atoms with Gasteiger partial charge in [-0.25, -0.2) is 0 Å². The Morgan fingerprint density at radius 2 is 2.12 bits per heavy atom. The molecule has 5 nitrogen and oxygen atoms in total. The molecule has 1 aromatic heterocycles. The fourth-order valence-corrected chi connectivity index (χ4v) is 1.41. The molecule has 5 heteroatoms. The lowest BCUT2D eigenvalue weighted by Crippen LogP contribution is -2.11. The molecule has 2 rings (SSSR count). The number of anilines is 2. The van der Waals surface area contributed by atoms with E-state index in [4.69, 9.17) is 5.73 Å². The summed E-state index contributed by atoms with van der Waals surface area (Å²) in [4.78, 5) is 19.5. The van der Waals surface area contributed by atoms with Crippen LogP contribution in [0.25, 0.3) is 11.0 Å². The minimum absolute atomic E-state index is 0.0741. The van der Waals surface area contributed by atoms with E-state index in [2.05, 4.69) is 15.3 Å². The summed E-state index contributed by atoms with van der Waals surface area (Å²) in [5.41, 5.74) is 8.26. The van der Waals surface area contributed by atoms with Crippen molar-refractivity contribution in [2.24, 2.45) is 0 Å². The molecule has 0 saturated carbocycles. The number of nitrogens with one attached hydrogen (secondary N) is 1. The lowest BCUT2D eigenvalue weighted by Gasteiger charge is -2.08. The summed E-state index contributed by atoms with van der Waals surface area (Å²) in [5.74, 6) is -0.0741. The van der Waals surface area contributed by atoms with Crippen LogP contribution in [0.3, 0.4) is 0 Å². The van der Waals surface area contributed by atoms with Gasteiger partial charge in [0.2, 0.25) is 5.91 Å². The van der Waals surface area contributed by atoms with Crippen molar-refractivity contribution in [2.45, 2.75) is 13.3 Å². The molecule has 16 heavy (non-hydrogen) atoms. The highest BCUT2D eigenvalue weighted by Gasteiger charge is 2.07. The van der Waals surface area contributed by atoms with Gasteiger partial charge in [-0.3, -0.25) is 14.8 Å². The van der Waals surface area contributed by atoms with Gasteiger partial charge in [-0.05, 0) is 12.1 Å². The van der Waals surface area contributed by atoms with Crippen LogP contribution in [0.5, 0.6) is 0 Å². The van der Waals surface area contributed by atoms with Crippen molar-refractivity contribution in [1.82, 2.24) is 9.97 Å². The summed E-state index contributed by atoms with van der Waals surface area (Å²) in [6.07, 6.45) is 3.59. The first-order valence-electron chi connectivity index (χ1n) is 5.01. The zero-order valence-corrected chi connectivity index (χ0v) is 8.90. The molecular weight excluding hydrogens is 204 g/mol. The van der Waals surface area contributed by atoms with Gasteiger partial charge in [0.25, 0.3) is 0 Å². The van der Waals surface area contributed by atoms with E-state index in [1.807, 2.05) is 0 Å². The van der Waals surface area contributed by atoms with Crippen molar-refractivity contribution in [1.29, 1.82) is 0 Å². The molecule has 1 amide bonds. The van der Waals surface area contributed by atoms with E-state index in [9.17, 15) is 4.79 Å². The summed E-state index contributed by atoms with van der Waals surface area (Å²) in [5, 5.41) is 2.72. The highest BCUT2D eigenvalue weighted by atomic mass is 16.1. The van der Waals surface area contributed by atoms with Crippen LogP contribution >= 0.6 is 0 Å². The Morgan fingerprint density at radius 3 is 2.88 bits per heavy atom. The van der Waals surface area contributed by atoms with Crippen LogP contribution in [0.15, 0.2) is 24.5 Å². The summed E-state index contributed by atoms with van der Waals surface area (Å²) in [7, 11) is 0. The standard InChI is InChI=1S/C11H12N4O/c1-2-9(16)15-7-3-4-8-11(10(7)12)14-6-5-13-8/h3-6H,2,12H2,1H3,(H,15,16). The number of hydrogen-bond donors (Lipinski definition) is 2. The maximum atomic E-state index is 11.3. The number of carbonyl (C=O) groups is 1. The topological polar surface area (TPSA) is 80.9 Å². The second-order valence-electron chi connectivity index (χ2n) is 3.35. The minimum Gasteiger partial charge on any atom is -0.395 e. The monoisotopic (exact) mass is 216 g/mol. The van der Waals surface area contributed by atoms with Crippen LogP contribution in [-0.4, -0.2) is 15.9 Å². The Morgan fingerprint density at radius 1 is 1.38 bits per heavy atom. The lowest BCUT2D eigenvalue weighted by atomic mass is 10.2. The average molecular weight is 216 g/mol. The molecule has 0 spiro atoms. The third-order valence-corrected chi connectivity index (χ3v) is 2.27. The van der Waals surface area contributed by atoms with Gasteiger partial charge in [0.05, 0.1) is 16.9 Å². The second-order valence-corrected chi connectivity index (χ2v) is 3.35. The number of nitrogens with zero attached hydrogens (tertiary/aromatic N) is 2. The first-order valence-corrected chi connectivity index (χ1v) is 5.01. The fraction of sp³-hybridized carbons (Fsp3) is 0.182. The molecule has 0 atom stereocenters. The molecule has 0 aliphatic rings.